The molecule has 0 saturated heterocycles. The fourth-order valence-corrected chi connectivity index (χ4v) is 5.34. The van der Waals surface area contributed by atoms with Gasteiger partial charge in [-0.2, -0.15) is 0 Å². The highest BCUT2D eigenvalue weighted by Gasteiger charge is 2.16. The SMILES string of the molecule is [C-]#[N+]C(=Cc1ccc(N(CC)CCNS(C)(=O)=O)cc1C)C(=O)c1ccc(NS(=O)(=O)c2ccccc2)cc1. The average Bonchev–Trinajstić information content (AvgIpc) is 2.90. The van der Waals surface area contributed by atoms with Gasteiger partial charge in [0.05, 0.1) is 17.7 Å². The first-order valence-corrected chi connectivity index (χ1v) is 15.4. The summed E-state index contributed by atoms with van der Waals surface area (Å²) in [5.41, 5.74) is 2.92. The van der Waals surface area contributed by atoms with Crippen LogP contribution in [0.25, 0.3) is 10.9 Å². The molecule has 0 aliphatic rings. The van der Waals surface area contributed by atoms with Crippen LogP contribution in [0.4, 0.5) is 11.4 Å². The summed E-state index contributed by atoms with van der Waals surface area (Å²) in [6, 6.07) is 19.5. The molecule has 0 aromatic heterocycles. The smallest absolute Gasteiger partial charge is 0.261 e. The highest BCUT2D eigenvalue weighted by Crippen LogP contribution is 2.23. The van der Waals surface area contributed by atoms with Crippen molar-refractivity contribution in [3.63, 3.8) is 0 Å². The molecule has 39 heavy (non-hydrogen) atoms. The maximum Gasteiger partial charge on any atom is 0.261 e. The van der Waals surface area contributed by atoms with Gasteiger partial charge in [0, 0.05) is 36.6 Å². The van der Waals surface area contributed by atoms with Crippen molar-refractivity contribution in [2.75, 3.05) is 35.5 Å². The molecule has 0 atom stereocenters. The van der Waals surface area contributed by atoms with Crippen molar-refractivity contribution in [1.29, 1.82) is 0 Å². The highest BCUT2D eigenvalue weighted by atomic mass is 32.2. The number of anilines is 2. The summed E-state index contributed by atoms with van der Waals surface area (Å²) in [6.07, 6.45) is 2.65. The summed E-state index contributed by atoms with van der Waals surface area (Å²) < 4.78 is 52.7. The summed E-state index contributed by atoms with van der Waals surface area (Å²) in [5, 5.41) is 0. The third-order valence-electron chi connectivity index (χ3n) is 5.84. The number of sulfonamides is 2. The zero-order valence-electron chi connectivity index (χ0n) is 21.9. The van der Waals surface area contributed by atoms with Crippen molar-refractivity contribution in [3.05, 3.63) is 107 Å². The van der Waals surface area contributed by atoms with E-state index in [0.717, 1.165) is 17.5 Å². The molecule has 0 saturated carbocycles. The van der Waals surface area contributed by atoms with Gasteiger partial charge in [-0.1, -0.05) is 36.4 Å². The van der Waals surface area contributed by atoms with Crippen LogP contribution >= 0.6 is 0 Å². The van der Waals surface area contributed by atoms with Crippen LogP contribution < -0.4 is 14.3 Å². The summed E-state index contributed by atoms with van der Waals surface area (Å²) in [7, 11) is -7.03. The van der Waals surface area contributed by atoms with Gasteiger partial charge in [0.1, 0.15) is 0 Å². The summed E-state index contributed by atoms with van der Waals surface area (Å²) in [4.78, 5) is 18.6. The summed E-state index contributed by atoms with van der Waals surface area (Å²) >= 11 is 0. The Bertz CT molecular complexity index is 1610. The van der Waals surface area contributed by atoms with Crippen LogP contribution in [0.1, 0.15) is 28.4 Å². The van der Waals surface area contributed by atoms with Crippen molar-refractivity contribution in [2.24, 2.45) is 0 Å². The molecule has 3 aromatic carbocycles. The van der Waals surface area contributed by atoms with Crippen molar-refractivity contribution >= 4 is 43.3 Å². The Balaban J connectivity index is 1.75. The molecule has 0 amide bonds. The van der Waals surface area contributed by atoms with Crippen molar-refractivity contribution < 1.29 is 21.6 Å². The number of hydrogen-bond acceptors (Lipinski definition) is 6. The number of likely N-dealkylation sites (N-methyl/N-ethyl adjacent to an activating group) is 1. The van der Waals surface area contributed by atoms with Crippen LogP contribution in [0.2, 0.25) is 0 Å². The lowest BCUT2D eigenvalue weighted by Gasteiger charge is -2.24. The van der Waals surface area contributed by atoms with Gasteiger partial charge in [-0.05, 0) is 67.4 Å². The Hall–Kier alpha value is -3.98. The molecule has 0 heterocycles. The fourth-order valence-electron chi connectivity index (χ4n) is 3.80. The Morgan fingerprint density at radius 1 is 1.00 bits per heavy atom. The molecule has 0 spiro atoms. The van der Waals surface area contributed by atoms with E-state index >= 15 is 0 Å². The minimum Gasteiger partial charge on any atom is -0.370 e. The highest BCUT2D eigenvalue weighted by molar-refractivity contribution is 7.92. The quantitative estimate of drug-likeness (QED) is 0.192. The Kier molecular flexibility index (Phi) is 9.64. The van der Waals surface area contributed by atoms with E-state index in [4.69, 9.17) is 6.57 Å². The summed E-state index contributed by atoms with van der Waals surface area (Å²) in [6.45, 7) is 12.8. The Morgan fingerprint density at radius 2 is 1.67 bits per heavy atom. The maximum absolute atomic E-state index is 13.0. The first-order valence-electron chi connectivity index (χ1n) is 12.1. The second-order valence-corrected chi connectivity index (χ2v) is 12.3. The fraction of sp³-hybridized carbons (Fsp3) is 0.214. The zero-order valence-corrected chi connectivity index (χ0v) is 23.5. The number of rotatable bonds is 12. The molecular weight excluding hydrogens is 536 g/mol. The molecular formula is C28H30N4O5S2. The molecule has 2 N–H and O–H groups in total. The maximum atomic E-state index is 13.0. The standard InChI is InChI=1S/C28H30N4O5S2/c1-5-32(18-17-30-38(4,34)35)25-16-13-23(21(2)19-25)20-27(29-3)28(33)22-11-14-24(15-12-22)31-39(36,37)26-9-7-6-8-10-26/h6-16,19-20,30-31H,5,17-18H2,1-2,4H3. The molecule has 0 aliphatic carbocycles. The first kappa shape index (κ1) is 29.6. The summed E-state index contributed by atoms with van der Waals surface area (Å²) in [5.74, 6) is -0.479. The van der Waals surface area contributed by atoms with Gasteiger partial charge in [-0.25, -0.2) is 26.4 Å². The number of carbonyl (C=O) groups is 1. The molecule has 0 aliphatic heterocycles. The van der Waals surface area contributed by atoms with Crippen molar-refractivity contribution in [1.82, 2.24) is 4.72 Å². The van der Waals surface area contributed by atoms with E-state index in [1.807, 2.05) is 36.9 Å². The predicted molar refractivity (Wildman–Crippen MR) is 155 cm³/mol. The van der Waals surface area contributed by atoms with Gasteiger partial charge >= 0.3 is 0 Å². The van der Waals surface area contributed by atoms with Gasteiger partial charge in [0.15, 0.2) is 5.78 Å². The minimum atomic E-state index is -3.77. The number of Topliss-reactive ketones (excluding diaryl/α,β-unsaturated/α-hetero) is 1. The zero-order chi connectivity index (χ0) is 28.6. The normalized spacial score (nSPS) is 12.0. The van der Waals surface area contributed by atoms with Crippen molar-refractivity contribution in [2.45, 2.75) is 18.7 Å². The third kappa shape index (κ3) is 8.25. The molecule has 0 unspecified atom stereocenters. The molecule has 204 valence electrons. The predicted octanol–water partition coefficient (Wildman–Crippen LogP) is 4.31. The number of nitrogens with one attached hydrogen (secondary N) is 2. The van der Waals surface area contributed by atoms with E-state index in [2.05, 4.69) is 14.3 Å². The lowest BCUT2D eigenvalue weighted by atomic mass is 10.0. The Morgan fingerprint density at radius 3 is 2.23 bits per heavy atom. The number of allylic oxidation sites excluding steroid dienone is 1. The second-order valence-electron chi connectivity index (χ2n) is 8.75. The van der Waals surface area contributed by atoms with Gasteiger partial charge in [-0.3, -0.25) is 4.72 Å². The van der Waals surface area contributed by atoms with Crippen LogP contribution in [0.5, 0.6) is 0 Å². The van der Waals surface area contributed by atoms with Crippen LogP contribution in [0.3, 0.4) is 0 Å². The first-order chi connectivity index (χ1) is 18.4. The molecule has 0 bridgehead atoms. The molecule has 3 aromatic rings. The van der Waals surface area contributed by atoms with Gasteiger partial charge < -0.3 is 9.69 Å². The monoisotopic (exact) mass is 566 g/mol. The number of aryl methyl sites for hydroxylation is 1. The largest absolute Gasteiger partial charge is 0.370 e. The molecule has 3 rings (SSSR count). The van der Waals surface area contributed by atoms with E-state index in [9.17, 15) is 21.6 Å². The van der Waals surface area contributed by atoms with E-state index in [0.29, 0.717) is 24.3 Å². The number of benzene rings is 3. The van der Waals surface area contributed by atoms with E-state index in [1.165, 1.54) is 42.5 Å². The third-order valence-corrected chi connectivity index (χ3v) is 7.97. The van der Waals surface area contributed by atoms with Gasteiger partial charge in [-0.15, -0.1) is 0 Å². The van der Waals surface area contributed by atoms with Crippen molar-refractivity contribution in [3.8, 4) is 0 Å². The van der Waals surface area contributed by atoms with E-state index in [-0.39, 0.29) is 22.7 Å². The number of ketones is 1. The van der Waals surface area contributed by atoms with Crippen LogP contribution in [0.15, 0.2) is 83.4 Å². The van der Waals surface area contributed by atoms with Crippen LogP contribution in [0, 0.1) is 13.5 Å². The molecule has 11 heteroatoms. The average molecular weight is 567 g/mol. The Labute approximate surface area is 230 Å². The van der Waals surface area contributed by atoms with Gasteiger partial charge in [0.2, 0.25) is 15.7 Å². The van der Waals surface area contributed by atoms with Crippen LogP contribution in [-0.4, -0.2) is 48.5 Å². The number of nitrogens with zero attached hydrogens (tertiary/aromatic N) is 2. The lowest BCUT2D eigenvalue weighted by Crippen LogP contribution is -2.34. The topological polar surface area (TPSA) is 117 Å². The molecule has 9 nitrogen and oxygen atoms in total. The second kappa shape index (κ2) is 12.7. The lowest BCUT2D eigenvalue weighted by molar-refractivity contribution is 0.103. The minimum absolute atomic E-state index is 0.0758. The van der Waals surface area contributed by atoms with Crippen LogP contribution in [-0.2, 0) is 20.0 Å². The molecule has 0 fully saturated rings. The van der Waals surface area contributed by atoms with Gasteiger partial charge in [0.25, 0.3) is 10.0 Å². The molecule has 0 radical (unpaired) electrons. The van der Waals surface area contributed by atoms with E-state index in [1.54, 1.807) is 18.2 Å². The number of carbonyl (C=O) groups excluding carboxylic acids is 1. The number of hydrogen-bond donors (Lipinski definition) is 2. The van der Waals surface area contributed by atoms with E-state index < -0.39 is 25.8 Å².